The van der Waals surface area contributed by atoms with E-state index in [1.807, 2.05) is 20.8 Å². The van der Waals surface area contributed by atoms with Crippen molar-refractivity contribution in [3.05, 3.63) is 0 Å². The average Bonchev–Trinajstić information content (AvgIpc) is 2.40. The normalized spacial score (nSPS) is 26.6. The molecule has 124 valence electrons. The molecule has 0 spiro atoms. The van der Waals surface area contributed by atoms with Gasteiger partial charge >= 0.3 is 0 Å². The molecule has 4 N–H and O–H groups in total. The number of hydrogen-bond acceptors (Lipinski definition) is 5. The summed E-state index contributed by atoms with van der Waals surface area (Å²) in [5.41, 5.74) is 5.27. The fourth-order valence-electron chi connectivity index (χ4n) is 2.97. The summed E-state index contributed by atoms with van der Waals surface area (Å²) in [6.45, 7) is 14.9. The molecule has 0 radical (unpaired) electrons. The van der Waals surface area contributed by atoms with Gasteiger partial charge in [-0.3, -0.25) is 9.69 Å². The number of nitrogens with one attached hydrogen (secondary N) is 1. The lowest BCUT2D eigenvalue weighted by molar-refractivity contribution is -0.129. The number of hydrogen-bond donors (Lipinski definition) is 3. The Morgan fingerprint density at radius 2 is 1.90 bits per heavy atom. The molecule has 5 nitrogen and oxygen atoms in total. The van der Waals surface area contributed by atoms with E-state index in [1.54, 1.807) is 11.8 Å². The Bertz CT molecular complexity index is 391. The van der Waals surface area contributed by atoms with Crippen molar-refractivity contribution in [2.45, 2.75) is 75.8 Å². The number of amides is 1. The fraction of sp³-hybridized carbons (Fsp3) is 0.933. The smallest absolute Gasteiger partial charge is 0.239 e. The number of β-amino-alcohol motifs (C(OH)–C–C–N with tert-alkyl or cyclic N) is 1. The molecule has 1 saturated heterocycles. The van der Waals surface area contributed by atoms with Gasteiger partial charge in [0.05, 0.1) is 11.0 Å². The van der Waals surface area contributed by atoms with Gasteiger partial charge in [-0.25, -0.2) is 0 Å². The Morgan fingerprint density at radius 3 is 2.33 bits per heavy atom. The zero-order valence-corrected chi connectivity index (χ0v) is 15.2. The summed E-state index contributed by atoms with van der Waals surface area (Å²) in [6, 6.07) is -0.294. The summed E-state index contributed by atoms with van der Waals surface area (Å²) in [4.78, 5) is 14.6. The minimum atomic E-state index is -0.622. The molecule has 0 aromatic heterocycles. The molecule has 2 atom stereocenters. The van der Waals surface area contributed by atoms with Crippen molar-refractivity contribution >= 4 is 17.7 Å². The highest BCUT2D eigenvalue weighted by Crippen LogP contribution is 2.50. The van der Waals surface area contributed by atoms with E-state index in [0.717, 1.165) is 0 Å². The predicted molar refractivity (Wildman–Crippen MR) is 89.2 cm³/mol. The van der Waals surface area contributed by atoms with Crippen LogP contribution in [0.4, 0.5) is 0 Å². The number of aliphatic hydroxyl groups excluding tert-OH is 1. The van der Waals surface area contributed by atoms with Crippen LogP contribution in [-0.4, -0.2) is 56.3 Å². The lowest BCUT2D eigenvalue weighted by Gasteiger charge is -2.37. The van der Waals surface area contributed by atoms with Gasteiger partial charge in [0.25, 0.3) is 0 Å². The molecule has 1 unspecified atom stereocenters. The van der Waals surface area contributed by atoms with Gasteiger partial charge in [0, 0.05) is 23.4 Å². The Morgan fingerprint density at radius 1 is 1.38 bits per heavy atom. The molecule has 0 saturated carbocycles. The van der Waals surface area contributed by atoms with Gasteiger partial charge in [-0.15, -0.1) is 11.8 Å². The molecule has 1 rings (SSSR count). The van der Waals surface area contributed by atoms with Crippen LogP contribution < -0.4 is 11.1 Å². The van der Waals surface area contributed by atoms with Crippen LogP contribution in [0.2, 0.25) is 0 Å². The molecular weight excluding hydrogens is 286 g/mol. The predicted octanol–water partition coefficient (Wildman–Crippen LogP) is 1.15. The topological polar surface area (TPSA) is 78.6 Å². The Hall–Kier alpha value is -0.300. The maximum atomic E-state index is 12.8. The molecule has 0 aromatic carbocycles. The SMILES string of the molecule is CC(C)(C)NC(=O)C1N(C[C@H](O)CN)C(C)(C)SC1(C)C. The summed E-state index contributed by atoms with van der Waals surface area (Å²) >= 11 is 1.76. The van der Waals surface area contributed by atoms with Gasteiger partial charge in [0.2, 0.25) is 5.91 Å². The molecule has 6 heteroatoms. The van der Waals surface area contributed by atoms with Crippen LogP contribution in [0.1, 0.15) is 48.5 Å². The monoisotopic (exact) mass is 317 g/mol. The van der Waals surface area contributed by atoms with Gasteiger partial charge in [-0.05, 0) is 48.5 Å². The van der Waals surface area contributed by atoms with Crippen LogP contribution in [0, 0.1) is 0 Å². The fourth-order valence-corrected chi connectivity index (χ4v) is 4.90. The molecule has 1 amide bonds. The average molecular weight is 317 g/mol. The number of thioether (sulfide) groups is 1. The lowest BCUT2D eigenvalue weighted by Crippen LogP contribution is -2.59. The van der Waals surface area contributed by atoms with E-state index >= 15 is 0 Å². The summed E-state index contributed by atoms with van der Waals surface area (Å²) in [7, 11) is 0. The van der Waals surface area contributed by atoms with Gasteiger partial charge in [-0.1, -0.05) is 0 Å². The Balaban J connectivity index is 3.06. The van der Waals surface area contributed by atoms with E-state index in [4.69, 9.17) is 5.73 Å². The number of rotatable bonds is 4. The highest BCUT2D eigenvalue weighted by molar-refractivity contribution is 8.02. The van der Waals surface area contributed by atoms with Crippen molar-refractivity contribution < 1.29 is 9.90 Å². The molecule has 1 aliphatic rings. The summed E-state index contributed by atoms with van der Waals surface area (Å²) < 4.78 is -0.229. The first kappa shape index (κ1) is 18.7. The van der Waals surface area contributed by atoms with Crippen LogP contribution in [0.3, 0.4) is 0 Å². The largest absolute Gasteiger partial charge is 0.390 e. The Labute approximate surface area is 133 Å². The highest BCUT2D eigenvalue weighted by atomic mass is 32.2. The van der Waals surface area contributed by atoms with Gasteiger partial charge in [-0.2, -0.15) is 0 Å². The summed E-state index contributed by atoms with van der Waals surface area (Å²) in [5.74, 6) is 0.00907. The second-order valence-corrected chi connectivity index (χ2v) is 10.1. The first-order valence-corrected chi connectivity index (χ1v) is 8.29. The van der Waals surface area contributed by atoms with E-state index in [2.05, 4.69) is 37.9 Å². The molecule has 1 heterocycles. The minimum absolute atomic E-state index is 0.00907. The standard InChI is InChI=1S/C15H31N3O2S/c1-13(2,3)17-12(20)11-14(4,5)21-15(6,7)18(11)9-10(19)8-16/h10-11,19H,8-9,16H2,1-7H3,(H,17,20)/t10-,11?/m1/s1. The van der Waals surface area contributed by atoms with E-state index in [9.17, 15) is 9.90 Å². The maximum absolute atomic E-state index is 12.8. The van der Waals surface area contributed by atoms with E-state index < -0.39 is 6.10 Å². The highest BCUT2D eigenvalue weighted by Gasteiger charge is 2.55. The van der Waals surface area contributed by atoms with E-state index in [1.165, 1.54) is 0 Å². The molecule has 21 heavy (non-hydrogen) atoms. The summed E-state index contributed by atoms with van der Waals surface area (Å²) in [5, 5.41) is 13.0. The number of carbonyl (C=O) groups is 1. The first-order chi connectivity index (χ1) is 9.30. The molecule has 1 fully saturated rings. The van der Waals surface area contributed by atoms with Crippen molar-refractivity contribution in [1.29, 1.82) is 0 Å². The number of nitrogens with two attached hydrogens (primary N) is 1. The number of aliphatic hydroxyl groups is 1. The second kappa shape index (κ2) is 6.07. The lowest BCUT2D eigenvalue weighted by atomic mass is 9.97. The minimum Gasteiger partial charge on any atom is -0.390 e. The van der Waals surface area contributed by atoms with Crippen molar-refractivity contribution in [2.24, 2.45) is 5.73 Å². The van der Waals surface area contributed by atoms with Crippen LogP contribution in [0.15, 0.2) is 0 Å². The number of nitrogens with zero attached hydrogens (tertiary/aromatic N) is 1. The Kier molecular flexibility index (Phi) is 5.42. The number of carbonyl (C=O) groups excluding carboxylic acids is 1. The van der Waals surface area contributed by atoms with Gasteiger partial charge < -0.3 is 16.2 Å². The zero-order valence-electron chi connectivity index (χ0n) is 14.4. The third-order valence-electron chi connectivity index (χ3n) is 3.60. The molecule has 1 aliphatic heterocycles. The second-order valence-electron chi connectivity index (χ2n) is 7.84. The van der Waals surface area contributed by atoms with E-state index in [-0.39, 0.29) is 33.7 Å². The van der Waals surface area contributed by atoms with Crippen LogP contribution in [0.25, 0.3) is 0 Å². The van der Waals surface area contributed by atoms with Crippen LogP contribution >= 0.6 is 11.8 Å². The van der Waals surface area contributed by atoms with Gasteiger partial charge in [0.15, 0.2) is 0 Å². The van der Waals surface area contributed by atoms with Crippen LogP contribution in [-0.2, 0) is 4.79 Å². The van der Waals surface area contributed by atoms with Crippen molar-refractivity contribution in [3.63, 3.8) is 0 Å². The maximum Gasteiger partial charge on any atom is 0.239 e. The molecular formula is C15H31N3O2S. The first-order valence-electron chi connectivity index (χ1n) is 7.47. The van der Waals surface area contributed by atoms with Gasteiger partial charge in [0.1, 0.15) is 6.04 Å². The van der Waals surface area contributed by atoms with Crippen molar-refractivity contribution in [3.8, 4) is 0 Å². The third-order valence-corrected chi connectivity index (χ3v) is 5.08. The molecule has 0 aliphatic carbocycles. The summed E-state index contributed by atoms with van der Waals surface area (Å²) in [6.07, 6.45) is -0.622. The van der Waals surface area contributed by atoms with Crippen molar-refractivity contribution in [1.82, 2.24) is 10.2 Å². The zero-order chi connectivity index (χ0) is 16.6. The molecule has 0 bridgehead atoms. The van der Waals surface area contributed by atoms with Crippen LogP contribution in [0.5, 0.6) is 0 Å². The van der Waals surface area contributed by atoms with E-state index in [0.29, 0.717) is 6.54 Å². The molecule has 0 aromatic rings. The third kappa shape index (κ3) is 4.58. The van der Waals surface area contributed by atoms with Crippen molar-refractivity contribution in [2.75, 3.05) is 13.1 Å². The quantitative estimate of drug-likeness (QED) is 0.725.